The van der Waals surface area contributed by atoms with Gasteiger partial charge in [-0.1, -0.05) is 6.92 Å². The lowest BCUT2D eigenvalue weighted by atomic mass is 10.0. The van der Waals surface area contributed by atoms with Gasteiger partial charge in [0.15, 0.2) is 0 Å². The first-order chi connectivity index (χ1) is 16.2. The van der Waals surface area contributed by atoms with Crippen LogP contribution in [0, 0.1) is 5.92 Å². The number of fused-ring (bicyclic) bond motifs is 1. The van der Waals surface area contributed by atoms with Crippen LogP contribution in [0.4, 0.5) is 5.69 Å². The van der Waals surface area contributed by atoms with Gasteiger partial charge in [-0.05, 0) is 56.3 Å². The predicted octanol–water partition coefficient (Wildman–Crippen LogP) is 3.38. The Morgan fingerprint density at radius 1 is 1.06 bits per heavy atom. The van der Waals surface area contributed by atoms with E-state index in [2.05, 4.69) is 31.1 Å². The van der Waals surface area contributed by atoms with Gasteiger partial charge in [-0.15, -0.1) is 0 Å². The summed E-state index contributed by atoms with van der Waals surface area (Å²) in [5.41, 5.74) is 1.50. The maximum Gasteiger partial charge on any atom is 0.257 e. The van der Waals surface area contributed by atoms with E-state index in [-0.39, 0.29) is 29.9 Å². The van der Waals surface area contributed by atoms with Crippen molar-refractivity contribution in [3.63, 3.8) is 0 Å². The van der Waals surface area contributed by atoms with Gasteiger partial charge in [-0.25, -0.2) is 0 Å². The van der Waals surface area contributed by atoms with Crippen LogP contribution in [0.3, 0.4) is 0 Å². The van der Waals surface area contributed by atoms with E-state index >= 15 is 0 Å². The first-order valence-corrected chi connectivity index (χ1v) is 11.4. The molecule has 1 heterocycles. The Morgan fingerprint density at radius 3 is 2.41 bits per heavy atom. The number of anilines is 1. The predicted molar refractivity (Wildman–Crippen MR) is 132 cm³/mol. The molecule has 0 aromatic heterocycles. The van der Waals surface area contributed by atoms with Crippen molar-refractivity contribution in [1.82, 2.24) is 9.80 Å². The second-order valence-electron chi connectivity index (χ2n) is 8.93. The van der Waals surface area contributed by atoms with Gasteiger partial charge in [0.1, 0.15) is 18.1 Å². The second kappa shape index (κ2) is 11.4. The second-order valence-corrected chi connectivity index (χ2v) is 8.93. The lowest BCUT2D eigenvalue weighted by Gasteiger charge is -2.34. The van der Waals surface area contributed by atoms with Gasteiger partial charge in [-0.2, -0.15) is 0 Å². The summed E-state index contributed by atoms with van der Waals surface area (Å²) in [6.07, 6.45) is -0.0875. The molecule has 2 amide bonds. The minimum Gasteiger partial charge on any atom is -0.497 e. The van der Waals surface area contributed by atoms with Gasteiger partial charge < -0.3 is 24.4 Å². The highest BCUT2D eigenvalue weighted by Crippen LogP contribution is 2.27. The number of rotatable bonds is 4. The Labute approximate surface area is 201 Å². The molecule has 0 saturated heterocycles. The van der Waals surface area contributed by atoms with Crippen molar-refractivity contribution < 1.29 is 23.8 Å². The number of hydrogen-bond donors (Lipinski definition) is 1. The fraction of sp³-hybridized carbons (Fsp3) is 0.462. The Bertz CT molecular complexity index is 994. The number of methoxy groups -OCH3 is 2. The molecule has 2 aromatic carbocycles. The van der Waals surface area contributed by atoms with E-state index in [4.69, 9.17) is 14.2 Å². The summed E-state index contributed by atoms with van der Waals surface area (Å²) in [4.78, 5) is 29.9. The fourth-order valence-corrected chi connectivity index (χ4v) is 3.98. The van der Waals surface area contributed by atoms with Crippen LogP contribution in [0.5, 0.6) is 11.5 Å². The Balaban J connectivity index is 1.87. The highest BCUT2D eigenvalue weighted by atomic mass is 16.5. The average Bonchev–Trinajstić information content (AvgIpc) is 2.84. The molecule has 1 aliphatic rings. The molecule has 1 N–H and O–H groups in total. The van der Waals surface area contributed by atoms with Crippen molar-refractivity contribution in [1.29, 1.82) is 0 Å². The molecule has 0 unspecified atom stereocenters. The lowest BCUT2D eigenvalue weighted by molar-refractivity contribution is 0.0150. The highest BCUT2D eigenvalue weighted by Gasteiger charge is 2.27. The molecule has 1 aliphatic heterocycles. The lowest BCUT2D eigenvalue weighted by Crippen LogP contribution is -2.45. The van der Waals surface area contributed by atoms with E-state index in [9.17, 15) is 9.59 Å². The number of benzene rings is 2. The number of carbonyl (C=O) groups is 2. The van der Waals surface area contributed by atoms with Gasteiger partial charge in [0.05, 0.1) is 18.8 Å². The highest BCUT2D eigenvalue weighted by molar-refractivity contribution is 6.05. The van der Waals surface area contributed by atoms with Crippen LogP contribution in [0.1, 0.15) is 34.6 Å². The SMILES string of the molecule is COc1ccc(C(=O)Nc2ccc3c(c2)OC[C@H](C)N(C)C[C@H](C)[C@H](OC)CN(C)C3=O)cc1. The summed E-state index contributed by atoms with van der Waals surface area (Å²) in [5.74, 6) is 0.939. The number of likely N-dealkylation sites (N-methyl/N-ethyl adjacent to an activating group) is 2. The molecular formula is C26H35N3O5. The van der Waals surface area contributed by atoms with Crippen LogP contribution in [0.2, 0.25) is 0 Å². The first kappa shape index (κ1) is 25.5. The van der Waals surface area contributed by atoms with E-state index in [1.54, 1.807) is 68.6 Å². The number of carbonyl (C=O) groups excluding carboxylic acids is 2. The monoisotopic (exact) mass is 469 g/mol. The number of amides is 2. The normalized spacial score (nSPS) is 22.1. The van der Waals surface area contributed by atoms with Crippen molar-refractivity contribution in [3.8, 4) is 11.5 Å². The minimum atomic E-state index is -0.260. The van der Waals surface area contributed by atoms with E-state index in [0.29, 0.717) is 41.5 Å². The zero-order valence-corrected chi connectivity index (χ0v) is 20.8. The molecule has 0 fully saturated rings. The molecule has 184 valence electrons. The molecule has 3 atom stereocenters. The maximum atomic E-state index is 13.3. The Hall–Kier alpha value is -3.10. The van der Waals surface area contributed by atoms with Crippen LogP contribution < -0.4 is 14.8 Å². The third kappa shape index (κ3) is 6.07. The summed E-state index contributed by atoms with van der Waals surface area (Å²) in [6, 6.07) is 12.1. The molecular weight excluding hydrogens is 434 g/mol. The van der Waals surface area contributed by atoms with E-state index < -0.39 is 0 Å². The van der Waals surface area contributed by atoms with Gasteiger partial charge in [0, 0.05) is 50.6 Å². The van der Waals surface area contributed by atoms with Gasteiger partial charge in [-0.3, -0.25) is 14.5 Å². The maximum absolute atomic E-state index is 13.3. The average molecular weight is 470 g/mol. The summed E-state index contributed by atoms with van der Waals surface area (Å²) < 4.78 is 17.0. The van der Waals surface area contributed by atoms with Crippen LogP contribution in [-0.4, -0.2) is 81.8 Å². The molecule has 0 aliphatic carbocycles. The first-order valence-electron chi connectivity index (χ1n) is 11.4. The van der Waals surface area contributed by atoms with Crippen LogP contribution in [0.15, 0.2) is 42.5 Å². The summed E-state index contributed by atoms with van der Waals surface area (Å²) in [5, 5.41) is 2.89. The number of nitrogens with one attached hydrogen (secondary N) is 1. The molecule has 3 rings (SSSR count). The van der Waals surface area contributed by atoms with E-state index in [1.807, 2.05) is 0 Å². The van der Waals surface area contributed by atoms with Crippen LogP contribution in [-0.2, 0) is 4.74 Å². The molecule has 34 heavy (non-hydrogen) atoms. The quantitative estimate of drug-likeness (QED) is 0.740. The molecule has 0 spiro atoms. The largest absolute Gasteiger partial charge is 0.497 e. The Kier molecular flexibility index (Phi) is 8.52. The molecule has 2 aromatic rings. The fourth-order valence-electron chi connectivity index (χ4n) is 3.98. The zero-order valence-electron chi connectivity index (χ0n) is 20.8. The van der Waals surface area contributed by atoms with E-state index in [0.717, 1.165) is 6.54 Å². The van der Waals surface area contributed by atoms with Crippen LogP contribution >= 0.6 is 0 Å². The number of ether oxygens (including phenoxy) is 3. The van der Waals surface area contributed by atoms with Crippen molar-refractivity contribution in [2.45, 2.75) is 26.0 Å². The summed E-state index contributed by atoms with van der Waals surface area (Å²) in [7, 11) is 7.09. The van der Waals surface area contributed by atoms with Crippen LogP contribution in [0.25, 0.3) is 0 Å². The summed E-state index contributed by atoms with van der Waals surface area (Å²) in [6.45, 7) is 5.90. The molecule has 8 heteroatoms. The van der Waals surface area contributed by atoms with Crippen molar-refractivity contribution >= 4 is 17.5 Å². The Morgan fingerprint density at radius 2 is 1.76 bits per heavy atom. The third-order valence-corrected chi connectivity index (χ3v) is 6.37. The summed E-state index contributed by atoms with van der Waals surface area (Å²) >= 11 is 0. The van der Waals surface area contributed by atoms with Gasteiger partial charge in [0.25, 0.3) is 11.8 Å². The van der Waals surface area contributed by atoms with Crippen molar-refractivity contribution in [3.05, 3.63) is 53.6 Å². The molecule has 8 nitrogen and oxygen atoms in total. The molecule has 0 radical (unpaired) electrons. The standard InChI is InChI=1S/C26H35N3O5/c1-17-14-28(3)18(2)16-34-23-13-20(27-25(30)19-7-10-21(32-5)11-8-19)9-12-22(23)26(31)29(4)15-24(17)33-6/h7-13,17-18,24H,14-16H2,1-6H3,(H,27,30)/t17-,18-,24+/m0/s1. The zero-order chi connectivity index (χ0) is 24.8. The number of hydrogen-bond acceptors (Lipinski definition) is 6. The van der Waals surface area contributed by atoms with E-state index in [1.165, 1.54) is 0 Å². The minimum absolute atomic E-state index is 0.0875. The number of nitrogens with zero attached hydrogens (tertiary/aromatic N) is 2. The van der Waals surface area contributed by atoms with Gasteiger partial charge >= 0.3 is 0 Å². The van der Waals surface area contributed by atoms with Gasteiger partial charge in [0.2, 0.25) is 0 Å². The van der Waals surface area contributed by atoms with Crippen molar-refractivity contribution in [2.75, 3.05) is 53.3 Å². The topological polar surface area (TPSA) is 80.3 Å². The smallest absolute Gasteiger partial charge is 0.257 e. The molecule has 0 bridgehead atoms. The molecule has 0 saturated carbocycles. The third-order valence-electron chi connectivity index (χ3n) is 6.37. The van der Waals surface area contributed by atoms with Crippen molar-refractivity contribution in [2.24, 2.45) is 5.92 Å².